The zero-order chi connectivity index (χ0) is 18.3. The first-order chi connectivity index (χ1) is 12.6. The first-order valence-corrected chi connectivity index (χ1v) is 8.56. The SMILES string of the molecule is COc1cc(OC)c2c(c1)[C@H]1C=CC[C@H]1[C@@H](c1cccc([N+](=O)[O-])c1)N2. The Labute approximate surface area is 151 Å². The molecule has 2 aromatic rings. The summed E-state index contributed by atoms with van der Waals surface area (Å²) in [6.07, 6.45) is 5.32. The van der Waals surface area contributed by atoms with Crippen LogP contribution in [0, 0.1) is 16.0 Å². The molecule has 0 saturated carbocycles. The summed E-state index contributed by atoms with van der Waals surface area (Å²) in [5.41, 5.74) is 3.10. The lowest BCUT2D eigenvalue weighted by Gasteiger charge is -2.38. The van der Waals surface area contributed by atoms with Crippen molar-refractivity contribution in [3.8, 4) is 11.5 Å². The molecule has 0 spiro atoms. The Balaban J connectivity index is 1.82. The number of rotatable bonds is 4. The minimum Gasteiger partial charge on any atom is -0.497 e. The second-order valence-electron chi connectivity index (χ2n) is 6.62. The Bertz CT molecular complexity index is 893. The number of hydrogen-bond acceptors (Lipinski definition) is 5. The molecule has 0 saturated heterocycles. The van der Waals surface area contributed by atoms with Crippen LogP contribution < -0.4 is 14.8 Å². The Morgan fingerprint density at radius 2 is 2.04 bits per heavy atom. The number of methoxy groups -OCH3 is 2. The molecule has 2 aliphatic rings. The number of nitro groups is 1. The lowest BCUT2D eigenvalue weighted by atomic mass is 9.76. The van der Waals surface area contributed by atoms with Crippen molar-refractivity contribution in [1.82, 2.24) is 0 Å². The number of ether oxygens (including phenoxy) is 2. The number of fused-ring (bicyclic) bond motifs is 3. The molecule has 1 aliphatic carbocycles. The van der Waals surface area contributed by atoms with E-state index in [1.54, 1.807) is 26.4 Å². The van der Waals surface area contributed by atoms with Gasteiger partial charge in [0.25, 0.3) is 5.69 Å². The van der Waals surface area contributed by atoms with E-state index in [0.29, 0.717) is 11.7 Å². The molecule has 0 amide bonds. The molecule has 6 nitrogen and oxygen atoms in total. The molecule has 0 aromatic heterocycles. The van der Waals surface area contributed by atoms with Crippen molar-refractivity contribution >= 4 is 11.4 Å². The summed E-state index contributed by atoms with van der Waals surface area (Å²) in [6.45, 7) is 0. The third kappa shape index (κ3) is 2.58. The van der Waals surface area contributed by atoms with E-state index in [9.17, 15) is 10.1 Å². The largest absolute Gasteiger partial charge is 0.497 e. The average Bonchev–Trinajstić information content (AvgIpc) is 3.16. The van der Waals surface area contributed by atoms with Gasteiger partial charge in [0.15, 0.2) is 0 Å². The van der Waals surface area contributed by atoms with E-state index in [4.69, 9.17) is 9.47 Å². The normalized spacial score (nSPS) is 22.9. The van der Waals surface area contributed by atoms with Crippen LogP contribution in [0.4, 0.5) is 11.4 Å². The van der Waals surface area contributed by atoms with Gasteiger partial charge in [0.1, 0.15) is 11.5 Å². The number of anilines is 1. The van der Waals surface area contributed by atoms with Gasteiger partial charge < -0.3 is 14.8 Å². The molecule has 1 N–H and O–H groups in total. The van der Waals surface area contributed by atoms with Crippen molar-refractivity contribution in [2.24, 2.45) is 5.92 Å². The predicted molar refractivity (Wildman–Crippen MR) is 99.0 cm³/mol. The molecule has 0 fully saturated rings. The van der Waals surface area contributed by atoms with Crippen LogP contribution in [0.3, 0.4) is 0 Å². The van der Waals surface area contributed by atoms with Crippen molar-refractivity contribution < 1.29 is 14.4 Å². The molecule has 6 heteroatoms. The van der Waals surface area contributed by atoms with Gasteiger partial charge in [-0.15, -0.1) is 0 Å². The summed E-state index contributed by atoms with van der Waals surface area (Å²) >= 11 is 0. The molecule has 0 bridgehead atoms. The van der Waals surface area contributed by atoms with E-state index >= 15 is 0 Å². The van der Waals surface area contributed by atoms with Gasteiger partial charge >= 0.3 is 0 Å². The van der Waals surface area contributed by atoms with E-state index in [-0.39, 0.29) is 22.6 Å². The molecule has 0 unspecified atom stereocenters. The summed E-state index contributed by atoms with van der Waals surface area (Å²) in [5, 5.41) is 14.8. The van der Waals surface area contributed by atoms with E-state index in [2.05, 4.69) is 17.5 Å². The van der Waals surface area contributed by atoms with Crippen molar-refractivity contribution in [3.05, 3.63) is 69.8 Å². The highest BCUT2D eigenvalue weighted by atomic mass is 16.6. The number of non-ortho nitro benzene ring substituents is 1. The maximum Gasteiger partial charge on any atom is 0.269 e. The molecule has 134 valence electrons. The van der Waals surface area contributed by atoms with Gasteiger partial charge in [0, 0.05) is 24.1 Å². The smallest absolute Gasteiger partial charge is 0.269 e. The number of nitrogens with zero attached hydrogens (tertiary/aromatic N) is 1. The Morgan fingerprint density at radius 1 is 1.19 bits per heavy atom. The van der Waals surface area contributed by atoms with Crippen molar-refractivity contribution in [2.75, 3.05) is 19.5 Å². The van der Waals surface area contributed by atoms with Crippen molar-refractivity contribution in [3.63, 3.8) is 0 Å². The van der Waals surface area contributed by atoms with Crippen LogP contribution in [0.5, 0.6) is 11.5 Å². The van der Waals surface area contributed by atoms with Crippen LogP contribution in [0.1, 0.15) is 29.5 Å². The Hall–Kier alpha value is -3.02. The minimum absolute atomic E-state index is 0.0234. The van der Waals surface area contributed by atoms with E-state index < -0.39 is 0 Å². The highest BCUT2D eigenvalue weighted by Crippen LogP contribution is 2.53. The summed E-state index contributed by atoms with van der Waals surface area (Å²) in [6, 6.07) is 10.8. The molecule has 26 heavy (non-hydrogen) atoms. The average molecular weight is 352 g/mol. The zero-order valence-electron chi connectivity index (χ0n) is 14.6. The minimum atomic E-state index is -0.351. The first-order valence-electron chi connectivity index (χ1n) is 8.56. The van der Waals surface area contributed by atoms with E-state index in [0.717, 1.165) is 29.0 Å². The van der Waals surface area contributed by atoms with Crippen molar-refractivity contribution in [1.29, 1.82) is 0 Å². The topological polar surface area (TPSA) is 73.6 Å². The number of allylic oxidation sites excluding steroid dienone is 2. The molecule has 4 rings (SSSR count). The fourth-order valence-corrected chi connectivity index (χ4v) is 4.08. The van der Waals surface area contributed by atoms with Crippen LogP contribution in [-0.2, 0) is 0 Å². The van der Waals surface area contributed by atoms with E-state index in [1.165, 1.54) is 6.07 Å². The van der Waals surface area contributed by atoms with Crippen LogP contribution in [0.15, 0.2) is 48.6 Å². The highest BCUT2D eigenvalue weighted by Gasteiger charge is 2.39. The maximum atomic E-state index is 11.2. The maximum absolute atomic E-state index is 11.2. The number of nitro benzene ring substituents is 1. The number of nitrogens with one attached hydrogen (secondary N) is 1. The summed E-state index contributed by atoms with van der Waals surface area (Å²) < 4.78 is 11.0. The van der Waals surface area contributed by atoms with Gasteiger partial charge in [-0.2, -0.15) is 0 Å². The van der Waals surface area contributed by atoms with Gasteiger partial charge in [0.05, 0.1) is 30.9 Å². The fourth-order valence-electron chi connectivity index (χ4n) is 4.08. The number of hydrogen-bond donors (Lipinski definition) is 1. The molecule has 0 radical (unpaired) electrons. The van der Waals surface area contributed by atoms with E-state index in [1.807, 2.05) is 18.2 Å². The molecular formula is C20H20N2O4. The van der Waals surface area contributed by atoms with Crippen LogP contribution in [0.25, 0.3) is 0 Å². The lowest BCUT2D eigenvalue weighted by Crippen LogP contribution is -2.29. The zero-order valence-corrected chi connectivity index (χ0v) is 14.6. The lowest BCUT2D eigenvalue weighted by molar-refractivity contribution is -0.384. The third-order valence-corrected chi connectivity index (χ3v) is 5.30. The second kappa shape index (κ2) is 6.37. The van der Waals surface area contributed by atoms with Gasteiger partial charge in [-0.1, -0.05) is 24.3 Å². The highest BCUT2D eigenvalue weighted by molar-refractivity contribution is 5.70. The number of benzene rings is 2. The summed E-state index contributed by atoms with van der Waals surface area (Å²) in [5.74, 6) is 1.99. The molecule has 2 aromatic carbocycles. The molecule has 1 aliphatic heterocycles. The summed E-state index contributed by atoms with van der Waals surface area (Å²) in [7, 11) is 3.28. The Kier molecular flexibility index (Phi) is 4.03. The quantitative estimate of drug-likeness (QED) is 0.500. The van der Waals surface area contributed by atoms with Gasteiger partial charge in [0.2, 0.25) is 0 Å². The standard InChI is InChI=1S/C20H20N2O4/c1-25-14-10-17-15-7-4-8-16(15)19(21-20(17)18(11-14)26-2)12-5-3-6-13(9-12)22(23)24/h3-7,9-11,15-16,19,21H,8H2,1-2H3/t15-,16+,19+/m0/s1. The fraction of sp³-hybridized carbons (Fsp3) is 0.300. The van der Waals surface area contributed by atoms with Gasteiger partial charge in [-0.25, -0.2) is 0 Å². The molecule has 1 heterocycles. The van der Waals surface area contributed by atoms with Crippen LogP contribution in [0.2, 0.25) is 0 Å². The first kappa shape index (κ1) is 16.4. The van der Waals surface area contributed by atoms with Crippen LogP contribution in [-0.4, -0.2) is 19.1 Å². The van der Waals surface area contributed by atoms with Gasteiger partial charge in [-0.05, 0) is 29.5 Å². The second-order valence-corrected chi connectivity index (χ2v) is 6.62. The Morgan fingerprint density at radius 3 is 2.77 bits per heavy atom. The summed E-state index contributed by atoms with van der Waals surface area (Å²) in [4.78, 5) is 10.8. The predicted octanol–water partition coefficient (Wildman–Crippen LogP) is 4.44. The third-order valence-electron chi connectivity index (χ3n) is 5.30. The van der Waals surface area contributed by atoms with Crippen molar-refractivity contribution in [2.45, 2.75) is 18.4 Å². The molecule has 3 atom stereocenters. The van der Waals surface area contributed by atoms with Gasteiger partial charge in [-0.3, -0.25) is 10.1 Å². The molecular weight excluding hydrogens is 332 g/mol. The van der Waals surface area contributed by atoms with Crippen LogP contribution >= 0.6 is 0 Å². The monoisotopic (exact) mass is 352 g/mol.